The number of hydrogen-bond acceptors (Lipinski definition) is 3. The Morgan fingerprint density at radius 2 is 1.54 bits per heavy atom. The molecule has 3 rings (SSSR count). The van der Waals surface area contributed by atoms with Gasteiger partial charge in [0.1, 0.15) is 6.54 Å². The number of nitrogens with zero attached hydrogens (tertiary/aromatic N) is 1. The molecule has 5 nitrogen and oxygen atoms in total. The molecule has 0 radical (unpaired) electrons. The van der Waals surface area contributed by atoms with Crippen molar-refractivity contribution in [2.45, 2.75) is 4.90 Å². The number of amides is 1. The first-order valence-corrected chi connectivity index (χ1v) is 11.6. The van der Waals surface area contributed by atoms with Crippen LogP contribution >= 0.6 is 38.5 Å². The van der Waals surface area contributed by atoms with Gasteiger partial charge in [0.05, 0.1) is 10.6 Å². The van der Waals surface area contributed by atoms with Gasteiger partial charge < -0.3 is 5.32 Å². The van der Waals surface area contributed by atoms with E-state index in [-0.39, 0.29) is 11.4 Å². The van der Waals surface area contributed by atoms with E-state index >= 15 is 0 Å². The van der Waals surface area contributed by atoms with E-state index in [2.05, 4.69) is 43.8 Å². The van der Waals surface area contributed by atoms with Gasteiger partial charge in [-0.3, -0.25) is 9.10 Å². The molecule has 0 aliphatic rings. The predicted octanol–water partition coefficient (Wildman–Crippen LogP) is 4.89. The summed E-state index contributed by atoms with van der Waals surface area (Å²) in [6.45, 7) is -0.342. The fourth-order valence-electron chi connectivity index (χ4n) is 2.51. The molecule has 0 bridgehead atoms. The summed E-state index contributed by atoms with van der Waals surface area (Å²) in [4.78, 5) is 12.7. The summed E-state index contributed by atoms with van der Waals surface area (Å²) in [5.41, 5.74) is 1.02. The van der Waals surface area contributed by atoms with E-state index in [4.69, 9.17) is 0 Å². The highest BCUT2D eigenvalue weighted by molar-refractivity contribution is 14.1. The molecule has 144 valence electrons. The second-order valence-corrected chi connectivity index (χ2v) is 9.88. The maximum absolute atomic E-state index is 13.2. The lowest BCUT2D eigenvalue weighted by Gasteiger charge is -2.24. The zero-order valence-electron chi connectivity index (χ0n) is 14.5. The van der Waals surface area contributed by atoms with Crippen LogP contribution in [0.25, 0.3) is 0 Å². The standard InChI is InChI=1S/C20H16BrIN2O3S/c21-15-6-12-18(13-7-15)24(28(26,27)19-4-2-1-3-5-19)14-20(25)23-17-10-8-16(22)9-11-17/h1-13H,14H2,(H,23,25). The van der Waals surface area contributed by atoms with Crippen LogP contribution in [0.4, 0.5) is 11.4 Å². The molecule has 0 fully saturated rings. The monoisotopic (exact) mass is 570 g/mol. The molecule has 0 heterocycles. The van der Waals surface area contributed by atoms with Crippen LogP contribution in [0.3, 0.4) is 0 Å². The number of carbonyl (C=O) groups is 1. The summed E-state index contributed by atoms with van der Waals surface area (Å²) in [6, 6.07) is 22.1. The lowest BCUT2D eigenvalue weighted by atomic mass is 10.3. The fourth-order valence-corrected chi connectivity index (χ4v) is 4.57. The smallest absolute Gasteiger partial charge is 0.264 e. The summed E-state index contributed by atoms with van der Waals surface area (Å²) < 4.78 is 29.3. The highest BCUT2D eigenvalue weighted by Gasteiger charge is 2.27. The van der Waals surface area contributed by atoms with Crippen LogP contribution in [0.15, 0.2) is 88.2 Å². The largest absolute Gasteiger partial charge is 0.325 e. The van der Waals surface area contributed by atoms with E-state index < -0.39 is 15.9 Å². The average Bonchev–Trinajstić information content (AvgIpc) is 2.69. The minimum atomic E-state index is -3.91. The van der Waals surface area contributed by atoms with E-state index in [1.54, 1.807) is 54.6 Å². The first kappa shape index (κ1) is 20.8. The third-order valence-electron chi connectivity index (χ3n) is 3.86. The third-order valence-corrected chi connectivity index (χ3v) is 6.90. The van der Waals surface area contributed by atoms with Crippen molar-refractivity contribution in [2.75, 3.05) is 16.2 Å². The Morgan fingerprint density at radius 3 is 2.14 bits per heavy atom. The Morgan fingerprint density at radius 1 is 0.929 bits per heavy atom. The van der Waals surface area contributed by atoms with Gasteiger partial charge in [-0.25, -0.2) is 8.42 Å². The van der Waals surface area contributed by atoms with Gasteiger partial charge >= 0.3 is 0 Å². The summed E-state index contributed by atoms with van der Waals surface area (Å²) in [7, 11) is -3.91. The summed E-state index contributed by atoms with van der Waals surface area (Å²) in [5, 5.41) is 2.75. The van der Waals surface area contributed by atoms with Crippen molar-refractivity contribution in [2.24, 2.45) is 0 Å². The number of sulfonamides is 1. The minimum Gasteiger partial charge on any atom is -0.325 e. The molecule has 28 heavy (non-hydrogen) atoms. The first-order valence-electron chi connectivity index (χ1n) is 8.25. The quantitative estimate of drug-likeness (QED) is 0.429. The van der Waals surface area contributed by atoms with Crippen LogP contribution in [0.2, 0.25) is 0 Å². The van der Waals surface area contributed by atoms with E-state index in [9.17, 15) is 13.2 Å². The van der Waals surface area contributed by atoms with Crippen molar-refractivity contribution in [1.29, 1.82) is 0 Å². The SMILES string of the molecule is O=C(CN(c1ccc(Br)cc1)S(=O)(=O)c1ccccc1)Nc1ccc(I)cc1. The zero-order chi connectivity index (χ0) is 20.1. The van der Waals surface area contributed by atoms with Gasteiger partial charge in [0.25, 0.3) is 10.0 Å². The topological polar surface area (TPSA) is 66.5 Å². The van der Waals surface area contributed by atoms with E-state index in [0.29, 0.717) is 11.4 Å². The van der Waals surface area contributed by atoms with E-state index in [1.807, 2.05) is 12.1 Å². The number of benzene rings is 3. The minimum absolute atomic E-state index is 0.125. The Labute approximate surface area is 186 Å². The average molecular weight is 571 g/mol. The van der Waals surface area contributed by atoms with Crippen molar-refractivity contribution in [3.63, 3.8) is 0 Å². The Bertz CT molecular complexity index is 1060. The number of rotatable bonds is 6. The molecule has 0 saturated carbocycles. The first-order chi connectivity index (χ1) is 13.4. The number of anilines is 2. The summed E-state index contributed by atoms with van der Waals surface area (Å²) >= 11 is 5.52. The second kappa shape index (κ2) is 9.06. The summed E-state index contributed by atoms with van der Waals surface area (Å²) in [6.07, 6.45) is 0. The molecule has 3 aromatic rings. The van der Waals surface area contributed by atoms with Crippen molar-refractivity contribution in [3.8, 4) is 0 Å². The predicted molar refractivity (Wildman–Crippen MR) is 123 cm³/mol. The maximum atomic E-state index is 13.2. The van der Waals surface area contributed by atoms with Gasteiger partial charge in [-0.1, -0.05) is 34.1 Å². The Hall–Kier alpha value is -1.91. The molecule has 0 aliphatic carbocycles. The van der Waals surface area contributed by atoms with Crippen molar-refractivity contribution in [1.82, 2.24) is 0 Å². The molecule has 0 unspecified atom stereocenters. The molecule has 0 aromatic heterocycles. The van der Waals surface area contributed by atoms with Gasteiger partial charge in [-0.05, 0) is 83.3 Å². The van der Waals surface area contributed by atoms with Crippen LogP contribution in [0.1, 0.15) is 0 Å². The molecular formula is C20H16BrIN2O3S. The maximum Gasteiger partial charge on any atom is 0.264 e. The number of nitrogens with one attached hydrogen (secondary N) is 1. The molecule has 1 amide bonds. The highest BCUT2D eigenvalue weighted by atomic mass is 127. The molecule has 8 heteroatoms. The van der Waals surface area contributed by atoms with Crippen LogP contribution in [-0.2, 0) is 14.8 Å². The molecular weight excluding hydrogens is 555 g/mol. The fraction of sp³-hybridized carbons (Fsp3) is 0.0500. The lowest BCUT2D eigenvalue weighted by molar-refractivity contribution is -0.114. The highest BCUT2D eigenvalue weighted by Crippen LogP contribution is 2.25. The summed E-state index contributed by atoms with van der Waals surface area (Å²) in [5.74, 6) is -0.427. The molecule has 0 spiro atoms. The number of halogens is 2. The van der Waals surface area contributed by atoms with Gasteiger partial charge in [-0.15, -0.1) is 0 Å². The van der Waals surface area contributed by atoms with Crippen LogP contribution < -0.4 is 9.62 Å². The van der Waals surface area contributed by atoms with Crippen molar-refractivity contribution in [3.05, 3.63) is 86.9 Å². The van der Waals surface area contributed by atoms with Crippen molar-refractivity contribution >= 4 is 65.8 Å². The van der Waals surface area contributed by atoms with E-state index in [0.717, 1.165) is 12.3 Å². The number of hydrogen-bond donors (Lipinski definition) is 1. The normalized spacial score (nSPS) is 11.1. The molecule has 1 N–H and O–H groups in total. The second-order valence-electron chi connectivity index (χ2n) is 5.86. The van der Waals surface area contributed by atoms with Gasteiger partial charge in [-0.2, -0.15) is 0 Å². The Balaban J connectivity index is 1.91. The third kappa shape index (κ3) is 5.12. The van der Waals surface area contributed by atoms with Gasteiger partial charge in [0.2, 0.25) is 5.91 Å². The van der Waals surface area contributed by atoms with Gasteiger partial charge in [0.15, 0.2) is 0 Å². The van der Waals surface area contributed by atoms with Crippen LogP contribution in [0, 0.1) is 3.57 Å². The molecule has 0 atom stereocenters. The van der Waals surface area contributed by atoms with Gasteiger partial charge in [0, 0.05) is 13.7 Å². The molecule has 3 aromatic carbocycles. The van der Waals surface area contributed by atoms with Crippen molar-refractivity contribution < 1.29 is 13.2 Å². The zero-order valence-corrected chi connectivity index (χ0v) is 19.1. The van der Waals surface area contributed by atoms with Crippen LogP contribution in [-0.4, -0.2) is 20.9 Å². The molecule has 0 aliphatic heterocycles. The van der Waals surface area contributed by atoms with E-state index in [1.165, 1.54) is 12.1 Å². The molecule has 0 saturated heterocycles. The van der Waals surface area contributed by atoms with Crippen LogP contribution in [0.5, 0.6) is 0 Å². The Kier molecular flexibility index (Phi) is 6.73. The lowest BCUT2D eigenvalue weighted by Crippen LogP contribution is -2.38. The number of carbonyl (C=O) groups excluding carboxylic acids is 1.